The van der Waals surface area contributed by atoms with E-state index in [2.05, 4.69) is 18.9 Å². The van der Waals surface area contributed by atoms with Crippen molar-refractivity contribution in [2.24, 2.45) is 11.8 Å². The highest BCUT2D eigenvalue weighted by Gasteiger charge is 2.36. The van der Waals surface area contributed by atoms with Gasteiger partial charge >= 0.3 is 5.97 Å². The molecule has 0 aromatic carbocycles. The van der Waals surface area contributed by atoms with Crippen molar-refractivity contribution in [2.45, 2.75) is 58.4 Å². The Hall–Kier alpha value is -1.32. The molecule has 2 rings (SSSR count). The topological polar surface area (TPSA) is 55.1 Å². The van der Waals surface area contributed by atoms with Gasteiger partial charge in [-0.2, -0.15) is 5.10 Å². The lowest BCUT2D eigenvalue weighted by molar-refractivity contribution is -0.144. The first-order chi connectivity index (χ1) is 9.17. The summed E-state index contributed by atoms with van der Waals surface area (Å²) in [4.78, 5) is 11.5. The molecule has 0 spiro atoms. The fraction of sp³-hybridized carbons (Fsp3) is 0.733. The quantitative estimate of drug-likeness (QED) is 0.887. The van der Waals surface area contributed by atoms with Gasteiger partial charge in [-0.05, 0) is 37.7 Å². The van der Waals surface area contributed by atoms with Gasteiger partial charge in [-0.3, -0.25) is 9.48 Å². The van der Waals surface area contributed by atoms with Crippen molar-refractivity contribution < 1.29 is 9.90 Å². The van der Waals surface area contributed by atoms with Gasteiger partial charge in [0.2, 0.25) is 0 Å². The van der Waals surface area contributed by atoms with E-state index in [1.165, 1.54) is 0 Å². The van der Waals surface area contributed by atoms with Crippen molar-refractivity contribution >= 4 is 5.97 Å². The molecule has 1 saturated carbocycles. The maximum absolute atomic E-state index is 11.5. The van der Waals surface area contributed by atoms with Crippen LogP contribution in [0.2, 0.25) is 0 Å². The van der Waals surface area contributed by atoms with E-state index >= 15 is 0 Å². The summed E-state index contributed by atoms with van der Waals surface area (Å²) in [6, 6.07) is 2.01. The van der Waals surface area contributed by atoms with Crippen LogP contribution >= 0.6 is 0 Å². The molecule has 3 atom stereocenters. The molecule has 0 aliphatic heterocycles. The number of aromatic nitrogens is 2. The van der Waals surface area contributed by atoms with E-state index in [9.17, 15) is 9.90 Å². The minimum absolute atomic E-state index is 0.130. The molecule has 0 amide bonds. The third-order valence-corrected chi connectivity index (χ3v) is 4.42. The predicted molar refractivity (Wildman–Crippen MR) is 74.0 cm³/mol. The molecule has 1 aliphatic carbocycles. The van der Waals surface area contributed by atoms with Crippen molar-refractivity contribution in [3.63, 3.8) is 0 Å². The lowest BCUT2D eigenvalue weighted by atomic mass is 9.72. The van der Waals surface area contributed by atoms with E-state index < -0.39 is 5.97 Å². The summed E-state index contributed by atoms with van der Waals surface area (Å²) in [5.74, 6) is -0.102. The molecule has 1 aromatic heterocycles. The predicted octanol–water partition coefficient (Wildman–Crippen LogP) is 3.29. The number of carboxylic acid groups (broad SMARTS) is 1. The van der Waals surface area contributed by atoms with Crippen molar-refractivity contribution in [3.05, 3.63) is 18.0 Å². The maximum Gasteiger partial charge on any atom is 0.307 e. The van der Waals surface area contributed by atoms with Crippen LogP contribution in [0, 0.1) is 11.8 Å². The summed E-state index contributed by atoms with van der Waals surface area (Å²) in [7, 11) is 0. The van der Waals surface area contributed by atoms with Crippen LogP contribution in [0.3, 0.4) is 0 Å². The third kappa shape index (κ3) is 2.99. The van der Waals surface area contributed by atoms with Crippen LogP contribution in [-0.2, 0) is 11.3 Å². The zero-order valence-corrected chi connectivity index (χ0v) is 11.9. The average molecular weight is 264 g/mol. The van der Waals surface area contributed by atoms with Gasteiger partial charge in [-0.25, -0.2) is 0 Å². The number of nitrogens with zero attached hydrogens (tertiary/aromatic N) is 2. The lowest BCUT2D eigenvalue weighted by Crippen LogP contribution is -2.30. The van der Waals surface area contributed by atoms with Crippen LogP contribution in [0.4, 0.5) is 0 Å². The number of hydrogen-bond acceptors (Lipinski definition) is 2. The van der Waals surface area contributed by atoms with Crippen LogP contribution in [0.15, 0.2) is 12.3 Å². The van der Waals surface area contributed by atoms with Gasteiger partial charge in [0.25, 0.3) is 0 Å². The Balaban J connectivity index is 2.25. The number of carboxylic acids is 1. The molecule has 1 fully saturated rings. The molecule has 0 bridgehead atoms. The molecule has 1 heterocycles. The Bertz CT molecular complexity index is 428. The lowest BCUT2D eigenvalue weighted by Gasteiger charge is -2.33. The van der Waals surface area contributed by atoms with Gasteiger partial charge in [-0.1, -0.05) is 20.3 Å². The summed E-state index contributed by atoms with van der Waals surface area (Å²) >= 11 is 0. The van der Waals surface area contributed by atoms with E-state index in [4.69, 9.17) is 0 Å². The number of aliphatic carboxylic acids is 1. The molecule has 106 valence electrons. The van der Waals surface area contributed by atoms with Crippen molar-refractivity contribution in [1.29, 1.82) is 0 Å². The second kappa shape index (κ2) is 6.22. The summed E-state index contributed by atoms with van der Waals surface area (Å²) in [6.07, 6.45) is 6.81. The molecule has 3 unspecified atom stereocenters. The monoisotopic (exact) mass is 264 g/mol. The van der Waals surface area contributed by atoms with Crippen LogP contribution in [0.5, 0.6) is 0 Å². The summed E-state index contributed by atoms with van der Waals surface area (Å²) in [6.45, 7) is 5.20. The minimum atomic E-state index is -0.649. The Morgan fingerprint density at radius 1 is 1.47 bits per heavy atom. The second-order valence-electron chi connectivity index (χ2n) is 5.62. The van der Waals surface area contributed by atoms with Gasteiger partial charge in [-0.15, -0.1) is 0 Å². The van der Waals surface area contributed by atoms with Crippen LogP contribution in [-0.4, -0.2) is 20.9 Å². The van der Waals surface area contributed by atoms with E-state index in [-0.39, 0.29) is 11.8 Å². The van der Waals surface area contributed by atoms with Gasteiger partial charge < -0.3 is 5.11 Å². The summed E-state index contributed by atoms with van der Waals surface area (Å²) in [5, 5.41) is 13.8. The molecule has 1 aliphatic rings. The first-order valence-electron chi connectivity index (χ1n) is 7.41. The van der Waals surface area contributed by atoms with E-state index in [0.717, 1.165) is 44.3 Å². The SMILES string of the molecule is CCCn1nccc1C1CC(CC)CCC1C(=O)O. The number of rotatable bonds is 5. The van der Waals surface area contributed by atoms with Crippen LogP contribution in [0.25, 0.3) is 0 Å². The Kier molecular flexibility index (Phi) is 4.61. The van der Waals surface area contributed by atoms with E-state index in [1.54, 1.807) is 6.20 Å². The van der Waals surface area contributed by atoms with Gasteiger partial charge in [0, 0.05) is 24.4 Å². The average Bonchev–Trinajstić information content (AvgIpc) is 2.86. The molecule has 1 aromatic rings. The largest absolute Gasteiger partial charge is 0.481 e. The van der Waals surface area contributed by atoms with Crippen LogP contribution in [0.1, 0.15) is 57.6 Å². The number of aryl methyl sites for hydroxylation is 1. The minimum Gasteiger partial charge on any atom is -0.481 e. The standard InChI is InChI=1S/C15H24N2O2/c1-3-9-17-14(7-8-16-17)13-10-11(4-2)5-6-12(13)15(18)19/h7-8,11-13H,3-6,9-10H2,1-2H3,(H,18,19). The summed E-state index contributed by atoms with van der Waals surface area (Å²) < 4.78 is 2.00. The van der Waals surface area contributed by atoms with Gasteiger partial charge in [0.15, 0.2) is 0 Å². The first-order valence-corrected chi connectivity index (χ1v) is 7.41. The normalized spacial score (nSPS) is 27.4. The van der Waals surface area contributed by atoms with Crippen molar-refractivity contribution in [1.82, 2.24) is 9.78 Å². The Morgan fingerprint density at radius 3 is 2.89 bits per heavy atom. The molecular weight excluding hydrogens is 240 g/mol. The van der Waals surface area contributed by atoms with Crippen LogP contribution < -0.4 is 0 Å². The Morgan fingerprint density at radius 2 is 2.26 bits per heavy atom. The second-order valence-corrected chi connectivity index (χ2v) is 5.62. The molecule has 4 heteroatoms. The summed E-state index contributed by atoms with van der Waals surface area (Å²) in [5.41, 5.74) is 1.12. The number of hydrogen-bond donors (Lipinski definition) is 1. The molecule has 0 saturated heterocycles. The third-order valence-electron chi connectivity index (χ3n) is 4.42. The Labute approximate surface area is 114 Å². The van der Waals surface area contributed by atoms with Crippen molar-refractivity contribution in [2.75, 3.05) is 0 Å². The highest BCUT2D eigenvalue weighted by Crippen LogP contribution is 2.41. The highest BCUT2D eigenvalue weighted by atomic mass is 16.4. The molecular formula is C15H24N2O2. The van der Waals surface area contributed by atoms with E-state index in [1.807, 2.05) is 10.7 Å². The molecule has 19 heavy (non-hydrogen) atoms. The number of carbonyl (C=O) groups is 1. The zero-order chi connectivity index (χ0) is 13.8. The molecule has 0 radical (unpaired) electrons. The first kappa shape index (κ1) is 14.1. The van der Waals surface area contributed by atoms with E-state index in [0.29, 0.717) is 5.92 Å². The smallest absolute Gasteiger partial charge is 0.307 e. The molecule has 1 N–H and O–H groups in total. The fourth-order valence-electron chi connectivity index (χ4n) is 3.31. The van der Waals surface area contributed by atoms with Gasteiger partial charge in [0.05, 0.1) is 5.92 Å². The highest BCUT2D eigenvalue weighted by molar-refractivity contribution is 5.71. The molecule has 4 nitrogen and oxygen atoms in total. The fourth-order valence-corrected chi connectivity index (χ4v) is 3.31. The zero-order valence-electron chi connectivity index (χ0n) is 11.9. The maximum atomic E-state index is 11.5. The van der Waals surface area contributed by atoms with Gasteiger partial charge in [0.1, 0.15) is 0 Å². The van der Waals surface area contributed by atoms with Crippen molar-refractivity contribution in [3.8, 4) is 0 Å².